The van der Waals surface area contributed by atoms with Crippen LogP contribution in [0.1, 0.15) is 29.8 Å². The Kier molecular flexibility index (Phi) is 4.95. The van der Waals surface area contributed by atoms with Crippen LogP contribution in [0.25, 0.3) is 0 Å². The van der Waals surface area contributed by atoms with Crippen LogP contribution in [-0.2, 0) is 14.8 Å². The van der Waals surface area contributed by atoms with Crippen LogP contribution in [0, 0.1) is 12.7 Å². The first-order valence-corrected chi connectivity index (χ1v) is 8.82. The van der Waals surface area contributed by atoms with Crippen molar-refractivity contribution in [3.63, 3.8) is 0 Å². The van der Waals surface area contributed by atoms with Gasteiger partial charge in [0.2, 0.25) is 15.9 Å². The number of amides is 1. The predicted molar refractivity (Wildman–Crippen MR) is 83.7 cm³/mol. The molecule has 1 fully saturated rings. The smallest absolute Gasteiger partial charge is 0.335 e. The van der Waals surface area contributed by atoms with Crippen molar-refractivity contribution >= 4 is 21.9 Å². The molecule has 132 valence electrons. The molecule has 1 aromatic rings. The molecule has 0 aromatic heterocycles. The van der Waals surface area contributed by atoms with Gasteiger partial charge in [-0.25, -0.2) is 17.6 Å². The Labute approximate surface area is 139 Å². The minimum Gasteiger partial charge on any atom is -0.478 e. The van der Waals surface area contributed by atoms with Crippen LogP contribution >= 0.6 is 0 Å². The van der Waals surface area contributed by atoms with Crippen LogP contribution in [-0.4, -0.2) is 60.3 Å². The molecule has 0 saturated carbocycles. The van der Waals surface area contributed by atoms with E-state index >= 15 is 0 Å². The van der Waals surface area contributed by atoms with Crippen LogP contribution in [0.2, 0.25) is 0 Å². The number of aromatic carboxylic acids is 1. The van der Waals surface area contributed by atoms with Gasteiger partial charge in [-0.15, -0.1) is 0 Å². The number of aryl methyl sites for hydroxylation is 1. The van der Waals surface area contributed by atoms with Gasteiger partial charge in [0.05, 0.1) is 12.1 Å². The molecule has 1 aromatic carbocycles. The number of nitrogens with zero attached hydrogens (tertiary/aromatic N) is 2. The number of carbonyl (C=O) groups excluding carboxylic acids is 1. The van der Waals surface area contributed by atoms with E-state index in [1.54, 1.807) is 4.90 Å². The highest BCUT2D eigenvalue weighted by Crippen LogP contribution is 2.25. The van der Waals surface area contributed by atoms with E-state index in [4.69, 9.17) is 5.11 Å². The van der Waals surface area contributed by atoms with Gasteiger partial charge in [-0.1, -0.05) is 0 Å². The summed E-state index contributed by atoms with van der Waals surface area (Å²) in [5.41, 5.74) is -0.165. The lowest BCUT2D eigenvalue weighted by Crippen LogP contribution is -2.54. The van der Waals surface area contributed by atoms with E-state index in [2.05, 4.69) is 0 Å². The van der Waals surface area contributed by atoms with Crippen molar-refractivity contribution in [3.8, 4) is 0 Å². The standard InChI is InChI=1S/C15H19FN2O5S/c1-9(2)18-5-4-17(8-14(18)19)24(22,23)13-7-11(15(20)21)10(3)6-12(13)16/h6-7,9H,4-5,8H2,1-3H3,(H,20,21). The number of carboxylic acid groups (broad SMARTS) is 1. The van der Waals surface area contributed by atoms with Crippen LogP contribution in [0.4, 0.5) is 4.39 Å². The Morgan fingerprint density at radius 3 is 2.42 bits per heavy atom. The highest BCUT2D eigenvalue weighted by molar-refractivity contribution is 7.89. The molecular weight excluding hydrogens is 339 g/mol. The molecule has 1 heterocycles. The van der Waals surface area contributed by atoms with Crippen molar-refractivity contribution in [2.24, 2.45) is 0 Å². The Hall–Kier alpha value is -2.00. The summed E-state index contributed by atoms with van der Waals surface area (Å²) in [4.78, 5) is 24.1. The summed E-state index contributed by atoms with van der Waals surface area (Å²) >= 11 is 0. The Morgan fingerprint density at radius 1 is 1.29 bits per heavy atom. The SMILES string of the molecule is Cc1cc(F)c(S(=O)(=O)N2CCN(C(C)C)C(=O)C2)cc1C(=O)O. The van der Waals surface area contributed by atoms with Crippen LogP contribution in [0.3, 0.4) is 0 Å². The molecular formula is C15H19FN2O5S. The molecule has 1 N–H and O–H groups in total. The number of benzene rings is 1. The van der Waals surface area contributed by atoms with Gasteiger partial charge in [-0.05, 0) is 38.5 Å². The zero-order chi connectivity index (χ0) is 18.2. The lowest BCUT2D eigenvalue weighted by molar-refractivity contribution is -0.135. The largest absolute Gasteiger partial charge is 0.478 e. The van der Waals surface area contributed by atoms with Crippen molar-refractivity contribution in [1.29, 1.82) is 0 Å². The maximum absolute atomic E-state index is 14.2. The molecule has 1 aliphatic heterocycles. The summed E-state index contributed by atoms with van der Waals surface area (Å²) < 4.78 is 40.3. The maximum Gasteiger partial charge on any atom is 0.335 e. The summed E-state index contributed by atoms with van der Waals surface area (Å²) in [7, 11) is -4.30. The van der Waals surface area contributed by atoms with Gasteiger partial charge in [0.15, 0.2) is 0 Å². The molecule has 1 saturated heterocycles. The topological polar surface area (TPSA) is 95.0 Å². The number of hydrogen-bond acceptors (Lipinski definition) is 4. The fraction of sp³-hybridized carbons (Fsp3) is 0.467. The Bertz CT molecular complexity index is 791. The highest BCUT2D eigenvalue weighted by atomic mass is 32.2. The molecule has 7 nitrogen and oxygen atoms in total. The van der Waals surface area contributed by atoms with E-state index in [1.807, 2.05) is 13.8 Å². The van der Waals surface area contributed by atoms with Crippen molar-refractivity contribution < 1.29 is 27.5 Å². The molecule has 0 spiro atoms. The van der Waals surface area contributed by atoms with E-state index in [1.165, 1.54) is 6.92 Å². The summed E-state index contributed by atoms with van der Waals surface area (Å²) in [6.45, 7) is 4.86. The number of hydrogen-bond donors (Lipinski definition) is 1. The quantitative estimate of drug-likeness (QED) is 0.869. The normalized spacial score (nSPS) is 16.7. The number of halogens is 1. The molecule has 9 heteroatoms. The van der Waals surface area contributed by atoms with Gasteiger partial charge < -0.3 is 10.0 Å². The molecule has 2 rings (SSSR count). The highest BCUT2D eigenvalue weighted by Gasteiger charge is 2.35. The summed E-state index contributed by atoms with van der Waals surface area (Å²) in [6.07, 6.45) is 0. The van der Waals surface area contributed by atoms with Crippen molar-refractivity contribution in [2.75, 3.05) is 19.6 Å². The molecule has 0 unspecified atom stereocenters. The zero-order valence-electron chi connectivity index (χ0n) is 13.6. The van der Waals surface area contributed by atoms with Gasteiger partial charge in [-0.2, -0.15) is 4.31 Å². The van der Waals surface area contributed by atoms with Crippen molar-refractivity contribution in [3.05, 3.63) is 29.1 Å². The van der Waals surface area contributed by atoms with Gasteiger partial charge >= 0.3 is 5.97 Å². The monoisotopic (exact) mass is 358 g/mol. The first-order chi connectivity index (χ1) is 11.1. The van der Waals surface area contributed by atoms with E-state index in [9.17, 15) is 22.4 Å². The molecule has 24 heavy (non-hydrogen) atoms. The molecule has 0 radical (unpaired) electrons. The number of carbonyl (C=O) groups is 2. The average Bonchev–Trinajstić information content (AvgIpc) is 2.45. The van der Waals surface area contributed by atoms with Gasteiger partial charge in [0.1, 0.15) is 10.7 Å². The lowest BCUT2D eigenvalue weighted by atomic mass is 10.1. The van der Waals surface area contributed by atoms with E-state index in [0.29, 0.717) is 0 Å². The van der Waals surface area contributed by atoms with Gasteiger partial charge in [0.25, 0.3) is 0 Å². The second-order valence-corrected chi connectivity index (χ2v) is 7.83. The van der Waals surface area contributed by atoms with Crippen LogP contribution < -0.4 is 0 Å². The van der Waals surface area contributed by atoms with Crippen LogP contribution in [0.15, 0.2) is 17.0 Å². The van der Waals surface area contributed by atoms with Gasteiger partial charge in [0, 0.05) is 19.1 Å². The van der Waals surface area contributed by atoms with Crippen molar-refractivity contribution in [2.45, 2.75) is 31.7 Å². The third-order valence-corrected chi connectivity index (χ3v) is 5.83. The molecule has 0 bridgehead atoms. The first kappa shape index (κ1) is 18.3. The Morgan fingerprint density at radius 2 is 1.92 bits per heavy atom. The predicted octanol–water partition coefficient (Wildman–Crippen LogP) is 1.07. The number of piperazine rings is 1. The molecule has 0 atom stereocenters. The van der Waals surface area contributed by atoms with Crippen LogP contribution in [0.5, 0.6) is 0 Å². The van der Waals surface area contributed by atoms with E-state index in [0.717, 1.165) is 16.4 Å². The Balaban J connectivity index is 2.40. The molecule has 1 aliphatic rings. The molecule has 0 aliphatic carbocycles. The molecule has 1 amide bonds. The third-order valence-electron chi connectivity index (χ3n) is 3.97. The number of carboxylic acids is 1. The average molecular weight is 358 g/mol. The van der Waals surface area contributed by atoms with Gasteiger partial charge in [-0.3, -0.25) is 4.79 Å². The second-order valence-electron chi connectivity index (χ2n) is 5.92. The van der Waals surface area contributed by atoms with E-state index in [-0.39, 0.29) is 36.2 Å². The number of sulfonamides is 1. The number of rotatable bonds is 4. The minimum absolute atomic E-state index is 0.0297. The maximum atomic E-state index is 14.2. The van der Waals surface area contributed by atoms with E-state index < -0.39 is 33.3 Å². The zero-order valence-corrected chi connectivity index (χ0v) is 14.4. The fourth-order valence-corrected chi connectivity index (χ4v) is 4.09. The minimum atomic E-state index is -4.30. The van der Waals surface area contributed by atoms with Crippen molar-refractivity contribution in [1.82, 2.24) is 9.21 Å². The fourth-order valence-electron chi connectivity index (χ4n) is 2.64. The lowest BCUT2D eigenvalue weighted by Gasteiger charge is -2.36. The third kappa shape index (κ3) is 3.27. The first-order valence-electron chi connectivity index (χ1n) is 7.38. The summed E-state index contributed by atoms with van der Waals surface area (Å²) in [6, 6.07) is 1.63. The summed E-state index contributed by atoms with van der Waals surface area (Å²) in [5, 5.41) is 9.10. The summed E-state index contributed by atoms with van der Waals surface area (Å²) in [5.74, 6) is -2.74. The second kappa shape index (κ2) is 6.48.